The molecule has 0 fully saturated rings. The number of amides is 1. The van der Waals surface area contributed by atoms with Crippen LogP contribution in [0.2, 0.25) is 5.02 Å². The molecule has 2 rings (SSSR count). The molecule has 0 aliphatic rings. The summed E-state index contributed by atoms with van der Waals surface area (Å²) in [5, 5.41) is 5.84. The summed E-state index contributed by atoms with van der Waals surface area (Å²) in [6, 6.07) is 9.01. The first kappa shape index (κ1) is 17.3. The Balaban J connectivity index is 1.80. The summed E-state index contributed by atoms with van der Waals surface area (Å²) in [7, 11) is 0. The van der Waals surface area contributed by atoms with Crippen molar-refractivity contribution in [2.75, 3.05) is 11.9 Å². The van der Waals surface area contributed by atoms with Crippen LogP contribution >= 0.6 is 11.6 Å². The Hall–Kier alpha value is -2.05. The Morgan fingerprint density at radius 2 is 1.78 bits per heavy atom. The van der Waals surface area contributed by atoms with E-state index in [1.165, 1.54) is 0 Å². The van der Waals surface area contributed by atoms with Crippen LogP contribution < -0.4 is 10.6 Å². The molecule has 3 nitrogen and oxygen atoms in total. The average Bonchev–Trinajstić information content (AvgIpc) is 2.54. The van der Waals surface area contributed by atoms with Crippen molar-refractivity contribution in [3.8, 4) is 0 Å². The topological polar surface area (TPSA) is 41.1 Å². The van der Waals surface area contributed by atoms with E-state index in [9.17, 15) is 18.0 Å². The molecule has 2 N–H and O–H groups in total. The highest BCUT2D eigenvalue weighted by atomic mass is 35.5. The number of benzene rings is 2. The molecule has 0 heterocycles. The van der Waals surface area contributed by atoms with Gasteiger partial charge in [0.2, 0.25) is 5.91 Å². The van der Waals surface area contributed by atoms with E-state index in [2.05, 4.69) is 10.6 Å². The molecule has 0 saturated heterocycles. The van der Waals surface area contributed by atoms with Crippen molar-refractivity contribution in [2.24, 2.45) is 0 Å². The lowest BCUT2D eigenvalue weighted by Gasteiger charge is -2.09. The molecular weight excluding hydrogens is 329 g/mol. The minimum atomic E-state index is -1.61. The van der Waals surface area contributed by atoms with E-state index >= 15 is 0 Å². The molecule has 0 saturated carbocycles. The molecule has 0 atom stereocenters. The maximum Gasteiger partial charge on any atom is 0.225 e. The molecule has 0 aliphatic carbocycles. The molecule has 0 radical (unpaired) electrons. The lowest BCUT2D eigenvalue weighted by molar-refractivity contribution is -0.116. The molecule has 0 bridgehead atoms. The normalized spacial score (nSPS) is 10.6. The van der Waals surface area contributed by atoms with E-state index in [4.69, 9.17) is 11.6 Å². The van der Waals surface area contributed by atoms with E-state index in [0.29, 0.717) is 18.1 Å². The molecule has 7 heteroatoms. The SMILES string of the molecule is O=C(CCNCc1ccccc1Cl)Nc1ccc(F)c(F)c1F. The molecular formula is C16H14ClF3N2O. The van der Waals surface area contributed by atoms with Crippen LogP contribution in [0, 0.1) is 17.5 Å². The largest absolute Gasteiger partial charge is 0.323 e. The summed E-state index contributed by atoms with van der Waals surface area (Å²) in [6.45, 7) is 0.800. The number of carbonyl (C=O) groups excluding carboxylic acids is 1. The van der Waals surface area contributed by atoms with Crippen LogP contribution in [0.25, 0.3) is 0 Å². The maximum atomic E-state index is 13.4. The van der Waals surface area contributed by atoms with Gasteiger partial charge in [-0.05, 0) is 23.8 Å². The Morgan fingerprint density at radius 1 is 1.04 bits per heavy atom. The van der Waals surface area contributed by atoms with Crippen molar-refractivity contribution in [3.63, 3.8) is 0 Å². The predicted octanol–water partition coefficient (Wildman–Crippen LogP) is 3.88. The van der Waals surface area contributed by atoms with Crippen LogP contribution in [-0.4, -0.2) is 12.5 Å². The molecule has 0 aliphatic heterocycles. The summed E-state index contributed by atoms with van der Waals surface area (Å²) in [6.07, 6.45) is 0.0445. The second-order valence-corrected chi connectivity index (χ2v) is 5.20. The zero-order valence-electron chi connectivity index (χ0n) is 12.0. The molecule has 0 unspecified atom stereocenters. The van der Waals surface area contributed by atoms with Gasteiger partial charge in [0, 0.05) is 24.5 Å². The number of rotatable bonds is 6. The minimum Gasteiger partial charge on any atom is -0.323 e. The monoisotopic (exact) mass is 342 g/mol. The zero-order valence-corrected chi connectivity index (χ0v) is 12.8. The third-order valence-electron chi connectivity index (χ3n) is 3.11. The summed E-state index contributed by atoms with van der Waals surface area (Å²) >= 11 is 5.99. The smallest absolute Gasteiger partial charge is 0.225 e. The lowest BCUT2D eigenvalue weighted by atomic mass is 10.2. The Kier molecular flexibility index (Phi) is 6.01. The van der Waals surface area contributed by atoms with Gasteiger partial charge >= 0.3 is 0 Å². The summed E-state index contributed by atoms with van der Waals surface area (Å²) in [5.41, 5.74) is 0.501. The van der Waals surface area contributed by atoms with Crippen molar-refractivity contribution in [3.05, 3.63) is 64.4 Å². The highest BCUT2D eigenvalue weighted by Gasteiger charge is 2.14. The van der Waals surface area contributed by atoms with Gasteiger partial charge in [0.15, 0.2) is 17.5 Å². The quantitative estimate of drug-likeness (QED) is 0.618. The van der Waals surface area contributed by atoms with Gasteiger partial charge in [0.1, 0.15) is 0 Å². The number of carbonyl (C=O) groups is 1. The first-order valence-corrected chi connectivity index (χ1v) is 7.24. The predicted molar refractivity (Wildman–Crippen MR) is 82.7 cm³/mol. The Bertz CT molecular complexity index is 710. The van der Waals surface area contributed by atoms with Crippen molar-refractivity contribution in [2.45, 2.75) is 13.0 Å². The maximum absolute atomic E-state index is 13.4. The van der Waals surface area contributed by atoms with Crippen molar-refractivity contribution in [1.82, 2.24) is 5.32 Å². The zero-order chi connectivity index (χ0) is 16.8. The Labute approximate surface area is 136 Å². The number of hydrogen-bond acceptors (Lipinski definition) is 2. The molecule has 0 aromatic heterocycles. The van der Waals surface area contributed by atoms with Crippen molar-refractivity contribution >= 4 is 23.2 Å². The van der Waals surface area contributed by atoms with Crippen LogP contribution in [0.5, 0.6) is 0 Å². The van der Waals surface area contributed by atoms with Gasteiger partial charge in [-0.15, -0.1) is 0 Å². The van der Waals surface area contributed by atoms with Gasteiger partial charge in [-0.3, -0.25) is 4.79 Å². The Morgan fingerprint density at radius 3 is 2.52 bits per heavy atom. The fourth-order valence-corrected chi connectivity index (χ4v) is 2.10. The number of halogens is 4. The second kappa shape index (κ2) is 7.99. The van der Waals surface area contributed by atoms with Gasteiger partial charge in [-0.1, -0.05) is 29.8 Å². The first-order valence-electron chi connectivity index (χ1n) is 6.86. The van der Waals surface area contributed by atoms with Gasteiger partial charge in [0.05, 0.1) is 5.69 Å². The molecule has 1 amide bonds. The molecule has 0 spiro atoms. The van der Waals surface area contributed by atoms with Crippen molar-refractivity contribution in [1.29, 1.82) is 0 Å². The van der Waals surface area contributed by atoms with Gasteiger partial charge < -0.3 is 10.6 Å². The fraction of sp³-hybridized carbons (Fsp3) is 0.188. The third-order valence-corrected chi connectivity index (χ3v) is 3.48. The van der Waals surface area contributed by atoms with E-state index in [-0.39, 0.29) is 12.1 Å². The van der Waals surface area contributed by atoms with Crippen LogP contribution in [-0.2, 0) is 11.3 Å². The van der Waals surface area contributed by atoms with E-state index in [1.807, 2.05) is 18.2 Å². The van der Waals surface area contributed by atoms with E-state index < -0.39 is 23.4 Å². The third kappa shape index (κ3) is 4.71. The second-order valence-electron chi connectivity index (χ2n) is 4.79. The summed E-state index contributed by atoms with van der Waals surface area (Å²) < 4.78 is 39.3. The standard InChI is InChI=1S/C16H14ClF3N2O/c17-11-4-2-1-3-10(11)9-21-8-7-14(23)22-13-6-5-12(18)15(19)16(13)20/h1-6,21H,7-9H2,(H,22,23). The van der Waals surface area contributed by atoms with E-state index in [1.54, 1.807) is 6.07 Å². The summed E-state index contributed by atoms with van der Waals surface area (Å²) in [5.74, 6) is -4.84. The molecule has 2 aromatic rings. The minimum absolute atomic E-state index is 0.0445. The van der Waals surface area contributed by atoms with Crippen LogP contribution in [0.1, 0.15) is 12.0 Å². The first-order chi connectivity index (χ1) is 11.0. The highest BCUT2D eigenvalue weighted by molar-refractivity contribution is 6.31. The van der Waals surface area contributed by atoms with Crippen LogP contribution in [0.3, 0.4) is 0 Å². The van der Waals surface area contributed by atoms with Crippen LogP contribution in [0.15, 0.2) is 36.4 Å². The molecule has 23 heavy (non-hydrogen) atoms. The summed E-state index contributed by atoms with van der Waals surface area (Å²) in [4.78, 5) is 11.7. The van der Waals surface area contributed by atoms with Gasteiger partial charge in [0.25, 0.3) is 0 Å². The lowest BCUT2D eigenvalue weighted by Crippen LogP contribution is -2.22. The average molecular weight is 343 g/mol. The van der Waals surface area contributed by atoms with Crippen molar-refractivity contribution < 1.29 is 18.0 Å². The highest BCUT2D eigenvalue weighted by Crippen LogP contribution is 2.19. The number of nitrogens with one attached hydrogen (secondary N) is 2. The van der Waals surface area contributed by atoms with Gasteiger partial charge in [-0.2, -0.15) is 0 Å². The van der Waals surface area contributed by atoms with Crippen LogP contribution in [0.4, 0.5) is 18.9 Å². The fourth-order valence-electron chi connectivity index (χ4n) is 1.90. The van der Waals surface area contributed by atoms with Gasteiger partial charge in [-0.25, -0.2) is 13.2 Å². The number of anilines is 1. The molecule has 122 valence electrons. The van der Waals surface area contributed by atoms with E-state index in [0.717, 1.165) is 17.7 Å². The number of hydrogen-bond donors (Lipinski definition) is 2. The molecule has 2 aromatic carbocycles.